The summed E-state index contributed by atoms with van der Waals surface area (Å²) in [6.45, 7) is 5.86. The molecular weight excluding hydrogens is 1040 g/mol. The quantitative estimate of drug-likeness (QED) is 0.0228. The Hall–Kier alpha value is -3.58. The molecule has 12 heteroatoms. The Morgan fingerprint density at radius 3 is 1.11 bits per heavy atom. The van der Waals surface area contributed by atoms with E-state index in [4.69, 9.17) is 23.7 Å². The molecule has 0 aliphatic carbocycles. The number of hydrogen-bond donors (Lipinski definition) is 3. The molecule has 0 radical (unpaired) electrons. The van der Waals surface area contributed by atoms with Gasteiger partial charge in [0.2, 0.25) is 0 Å². The van der Waals surface area contributed by atoms with Crippen LogP contribution in [0.5, 0.6) is 0 Å². The summed E-state index contributed by atoms with van der Waals surface area (Å²) in [4.78, 5) is 51.3. The summed E-state index contributed by atoms with van der Waals surface area (Å²) in [7, 11) is 0. The molecular formula is C71H124O12. The molecule has 83 heavy (non-hydrogen) atoms. The predicted molar refractivity (Wildman–Crippen MR) is 340 cm³/mol. The van der Waals surface area contributed by atoms with Gasteiger partial charge in [0.1, 0.15) is 18.8 Å². The van der Waals surface area contributed by atoms with E-state index in [0.717, 1.165) is 70.6 Å². The monoisotopic (exact) mass is 1170 g/mol. The molecule has 0 amide bonds. The number of unbranched alkanes of at least 4 members (excludes halogenated alkanes) is 36. The first-order valence-electron chi connectivity index (χ1n) is 34.3. The molecule has 0 spiro atoms. The second kappa shape index (κ2) is 58.8. The lowest BCUT2D eigenvalue weighted by atomic mass is 9.98. The Kier molecular flexibility index (Phi) is 54.8. The number of carboxylic acids is 1. The predicted octanol–water partition coefficient (Wildman–Crippen LogP) is 18.7. The minimum absolute atomic E-state index is 0.0543. The van der Waals surface area contributed by atoms with E-state index in [9.17, 15) is 34.5 Å². The molecule has 6 atom stereocenters. The van der Waals surface area contributed by atoms with Gasteiger partial charge in [-0.25, -0.2) is 4.79 Å². The van der Waals surface area contributed by atoms with Crippen LogP contribution < -0.4 is 0 Å². The maximum atomic E-state index is 13.1. The first-order chi connectivity index (χ1) is 40.6. The van der Waals surface area contributed by atoms with Gasteiger partial charge in [0, 0.05) is 12.8 Å². The number of aliphatic carboxylic acids is 1. The number of hydrogen-bond acceptors (Lipinski definition) is 11. The summed E-state index contributed by atoms with van der Waals surface area (Å²) in [5.41, 5.74) is 0. The highest BCUT2D eigenvalue weighted by atomic mass is 16.7. The van der Waals surface area contributed by atoms with E-state index in [-0.39, 0.29) is 25.9 Å². The SMILES string of the molecule is CC/C=C\C/C=C\C/C=C\C/C=C\C/C=C\CC(=O)OC(COC(=O)CCCCCCCCCCCCCCCCCCCCC)COC1OC(C(=O)O)C(O)C(O)C1OC(=O)CCCCCCCCCCCCCCCCCCCCC. The number of ether oxygens (including phenoxy) is 5. The fraction of sp³-hybridized carbons (Fsp3) is 0.803. The first-order valence-corrected chi connectivity index (χ1v) is 34.3. The smallest absolute Gasteiger partial charge is 0.335 e. The second-order valence-electron chi connectivity index (χ2n) is 23.5. The van der Waals surface area contributed by atoms with Gasteiger partial charge in [-0.15, -0.1) is 0 Å². The molecule has 1 saturated heterocycles. The van der Waals surface area contributed by atoms with Crippen molar-refractivity contribution in [3.05, 3.63) is 60.8 Å². The van der Waals surface area contributed by atoms with Gasteiger partial charge < -0.3 is 39.0 Å². The van der Waals surface area contributed by atoms with Crippen LogP contribution in [0.1, 0.15) is 316 Å². The van der Waals surface area contributed by atoms with Gasteiger partial charge in [-0.3, -0.25) is 14.4 Å². The van der Waals surface area contributed by atoms with E-state index >= 15 is 0 Å². The van der Waals surface area contributed by atoms with Crippen LogP contribution in [0.15, 0.2) is 60.8 Å². The van der Waals surface area contributed by atoms with Crippen LogP contribution in [0.4, 0.5) is 0 Å². The summed E-state index contributed by atoms with van der Waals surface area (Å²) in [5, 5.41) is 31.6. The molecule has 6 unspecified atom stereocenters. The molecule has 0 aromatic rings. The van der Waals surface area contributed by atoms with Crippen LogP contribution in [0.3, 0.4) is 0 Å². The van der Waals surface area contributed by atoms with Crippen molar-refractivity contribution < 1.29 is 58.2 Å². The van der Waals surface area contributed by atoms with Gasteiger partial charge in [0.05, 0.1) is 13.0 Å². The van der Waals surface area contributed by atoms with E-state index in [0.29, 0.717) is 19.3 Å². The Morgan fingerprint density at radius 1 is 0.410 bits per heavy atom. The van der Waals surface area contributed by atoms with Gasteiger partial charge in [-0.2, -0.15) is 0 Å². The molecule has 0 aromatic heterocycles. The Balaban J connectivity index is 2.65. The van der Waals surface area contributed by atoms with Gasteiger partial charge in [0.15, 0.2) is 24.6 Å². The Labute approximate surface area is 506 Å². The average Bonchev–Trinajstić information content (AvgIpc) is 3.60. The lowest BCUT2D eigenvalue weighted by molar-refractivity contribution is -0.301. The Morgan fingerprint density at radius 2 is 0.747 bits per heavy atom. The van der Waals surface area contributed by atoms with Crippen molar-refractivity contribution in [1.82, 2.24) is 0 Å². The van der Waals surface area contributed by atoms with Crippen LogP contribution in [-0.4, -0.2) is 89.2 Å². The zero-order chi connectivity index (χ0) is 60.3. The summed E-state index contributed by atoms with van der Waals surface area (Å²) in [6.07, 6.45) is 62.2. The minimum Gasteiger partial charge on any atom is -0.479 e. The molecule has 0 saturated carbocycles. The number of esters is 3. The lowest BCUT2D eigenvalue weighted by Crippen LogP contribution is -2.61. The van der Waals surface area contributed by atoms with E-state index in [2.05, 4.69) is 63.3 Å². The van der Waals surface area contributed by atoms with Crippen molar-refractivity contribution in [2.24, 2.45) is 0 Å². The minimum atomic E-state index is -1.91. The summed E-state index contributed by atoms with van der Waals surface area (Å²) < 4.78 is 28.5. The van der Waals surface area contributed by atoms with Crippen LogP contribution in [0.25, 0.3) is 0 Å². The molecule has 1 rings (SSSR count). The van der Waals surface area contributed by atoms with Crippen LogP contribution in [0, 0.1) is 0 Å². The number of carboxylic acid groups (broad SMARTS) is 1. The normalized spacial score (nSPS) is 17.9. The molecule has 1 aliphatic heterocycles. The van der Waals surface area contributed by atoms with Crippen LogP contribution >= 0.6 is 0 Å². The highest BCUT2D eigenvalue weighted by Gasteiger charge is 2.50. The lowest BCUT2D eigenvalue weighted by Gasteiger charge is -2.40. The van der Waals surface area contributed by atoms with Crippen molar-refractivity contribution in [2.75, 3.05) is 13.2 Å². The zero-order valence-corrected chi connectivity index (χ0v) is 53.2. The van der Waals surface area contributed by atoms with E-state index in [1.807, 2.05) is 12.2 Å². The van der Waals surface area contributed by atoms with Crippen molar-refractivity contribution >= 4 is 23.9 Å². The molecule has 1 fully saturated rings. The van der Waals surface area contributed by atoms with E-state index in [1.165, 1.54) is 186 Å². The first kappa shape index (κ1) is 77.4. The fourth-order valence-corrected chi connectivity index (χ4v) is 10.4. The number of aliphatic hydroxyl groups excluding tert-OH is 2. The van der Waals surface area contributed by atoms with Gasteiger partial charge >= 0.3 is 23.9 Å². The van der Waals surface area contributed by atoms with Crippen molar-refractivity contribution in [3.8, 4) is 0 Å². The maximum absolute atomic E-state index is 13.1. The molecule has 0 bridgehead atoms. The largest absolute Gasteiger partial charge is 0.479 e. The Bertz CT molecular complexity index is 1670. The highest BCUT2D eigenvalue weighted by Crippen LogP contribution is 2.27. The molecule has 480 valence electrons. The fourth-order valence-electron chi connectivity index (χ4n) is 10.4. The number of carbonyl (C=O) groups excluding carboxylic acids is 3. The molecule has 1 heterocycles. The maximum Gasteiger partial charge on any atom is 0.335 e. The third kappa shape index (κ3) is 48.3. The number of aliphatic hydroxyl groups is 2. The summed E-state index contributed by atoms with van der Waals surface area (Å²) >= 11 is 0. The second-order valence-corrected chi connectivity index (χ2v) is 23.5. The number of carbonyl (C=O) groups is 4. The summed E-state index contributed by atoms with van der Waals surface area (Å²) in [5.74, 6) is -3.26. The number of rotatable bonds is 59. The third-order valence-corrected chi connectivity index (χ3v) is 15.6. The molecule has 12 nitrogen and oxygen atoms in total. The van der Waals surface area contributed by atoms with Crippen molar-refractivity contribution in [1.29, 1.82) is 0 Å². The molecule has 0 aromatic carbocycles. The zero-order valence-electron chi connectivity index (χ0n) is 53.2. The average molecular weight is 1170 g/mol. The van der Waals surface area contributed by atoms with Crippen molar-refractivity contribution in [2.45, 2.75) is 353 Å². The highest BCUT2D eigenvalue weighted by molar-refractivity contribution is 5.74. The van der Waals surface area contributed by atoms with Crippen molar-refractivity contribution in [3.63, 3.8) is 0 Å². The topological polar surface area (TPSA) is 175 Å². The molecule has 3 N–H and O–H groups in total. The molecule has 1 aliphatic rings. The van der Waals surface area contributed by atoms with Gasteiger partial charge in [0.25, 0.3) is 0 Å². The van der Waals surface area contributed by atoms with E-state index < -0.39 is 67.3 Å². The number of allylic oxidation sites excluding steroid dienone is 9. The van der Waals surface area contributed by atoms with Gasteiger partial charge in [-0.05, 0) is 44.9 Å². The van der Waals surface area contributed by atoms with Crippen LogP contribution in [0.2, 0.25) is 0 Å². The standard InChI is InChI=1S/C71H124O12/c1-4-7-10-13-16-19-22-25-28-30-32-34-37-39-42-45-48-51-54-57-63(72)79-60-62(81-64(73)58-55-52-49-46-43-40-36-27-24-21-18-15-12-9-6-3)61-80-71-69(67(76)66(75)68(83-71)70(77)78)82-65(74)59-56-53-50-47-44-41-38-35-33-31-29-26-23-20-17-14-11-8-5-2/h9,12,18,21,27,36,43,46,52,55,62,66-69,71,75-76H,4-8,10-11,13-17,19-20,22-26,28-35,37-42,44-45,47-51,53-54,56-61H2,1-3H3,(H,77,78)/b12-9-,21-18-,36-27-,46-43-,55-52-. The van der Waals surface area contributed by atoms with Crippen LogP contribution in [-0.2, 0) is 42.9 Å². The summed E-state index contributed by atoms with van der Waals surface area (Å²) in [6, 6.07) is 0. The van der Waals surface area contributed by atoms with E-state index in [1.54, 1.807) is 6.08 Å². The third-order valence-electron chi connectivity index (χ3n) is 15.6. The van der Waals surface area contributed by atoms with Gasteiger partial charge in [-0.1, -0.05) is 313 Å².